The predicted octanol–water partition coefficient (Wildman–Crippen LogP) is 1.80. The first kappa shape index (κ1) is 19.3. The lowest BCUT2D eigenvalue weighted by Crippen LogP contribution is -2.29. The standard InChI is InChI=1S/C18H18ClFN6O3/c19-4-7-29-24-18(28)13-10-22-26-6-3-15(23-16(13)26)25-5-1-2-14(25)12-8-11(20)9-21-17(12)27/h3,6,8-10,14H,1-2,4-5,7H2,(H,21,27)(H,24,28). The van der Waals surface area contributed by atoms with Gasteiger partial charge in [-0.25, -0.2) is 19.4 Å². The van der Waals surface area contributed by atoms with E-state index in [4.69, 9.17) is 16.4 Å². The van der Waals surface area contributed by atoms with Crippen molar-refractivity contribution in [2.75, 3.05) is 23.9 Å². The Labute approximate surface area is 169 Å². The van der Waals surface area contributed by atoms with E-state index in [1.54, 1.807) is 12.3 Å². The number of rotatable bonds is 6. The van der Waals surface area contributed by atoms with E-state index in [2.05, 4.69) is 20.5 Å². The topological polar surface area (TPSA) is 105 Å². The van der Waals surface area contributed by atoms with Crippen molar-refractivity contribution in [1.29, 1.82) is 0 Å². The molecule has 4 heterocycles. The van der Waals surface area contributed by atoms with Gasteiger partial charge in [0.15, 0.2) is 5.65 Å². The monoisotopic (exact) mass is 420 g/mol. The van der Waals surface area contributed by atoms with Crippen LogP contribution in [-0.2, 0) is 4.84 Å². The third-order valence-electron chi connectivity index (χ3n) is 4.75. The van der Waals surface area contributed by atoms with E-state index in [0.29, 0.717) is 30.0 Å². The number of nitrogens with zero attached hydrogens (tertiary/aromatic N) is 4. The zero-order chi connectivity index (χ0) is 20.4. The van der Waals surface area contributed by atoms with E-state index in [0.717, 1.165) is 12.6 Å². The SMILES string of the molecule is O=C(NOCCCl)c1cnn2ccc(N3CCCC3c3cc(F)c[nH]c3=O)nc12. The third-order valence-corrected chi connectivity index (χ3v) is 4.90. The van der Waals surface area contributed by atoms with Gasteiger partial charge in [0.05, 0.1) is 18.8 Å². The third kappa shape index (κ3) is 3.81. The van der Waals surface area contributed by atoms with Crippen LogP contribution in [-0.4, -0.2) is 44.5 Å². The van der Waals surface area contributed by atoms with Crippen molar-refractivity contribution in [2.45, 2.75) is 18.9 Å². The highest BCUT2D eigenvalue weighted by Gasteiger charge is 2.30. The number of hydrogen-bond donors (Lipinski definition) is 2. The maximum Gasteiger partial charge on any atom is 0.280 e. The first-order chi connectivity index (χ1) is 14.1. The first-order valence-electron chi connectivity index (χ1n) is 9.05. The fraction of sp³-hybridized carbons (Fsp3) is 0.333. The van der Waals surface area contributed by atoms with Crippen LogP contribution in [0.15, 0.2) is 35.5 Å². The van der Waals surface area contributed by atoms with Crippen LogP contribution >= 0.6 is 11.6 Å². The number of nitrogens with one attached hydrogen (secondary N) is 2. The first-order valence-corrected chi connectivity index (χ1v) is 9.59. The van der Waals surface area contributed by atoms with Crippen molar-refractivity contribution in [1.82, 2.24) is 25.1 Å². The Hall–Kier alpha value is -2.98. The van der Waals surface area contributed by atoms with Crippen LogP contribution in [0.1, 0.15) is 34.8 Å². The molecule has 29 heavy (non-hydrogen) atoms. The second-order valence-electron chi connectivity index (χ2n) is 6.53. The fourth-order valence-electron chi connectivity index (χ4n) is 3.47. The van der Waals surface area contributed by atoms with Crippen LogP contribution in [0.3, 0.4) is 0 Å². The number of fused-ring (bicyclic) bond motifs is 1. The normalized spacial score (nSPS) is 16.5. The van der Waals surface area contributed by atoms with Crippen LogP contribution in [0.5, 0.6) is 0 Å². The predicted molar refractivity (Wildman–Crippen MR) is 103 cm³/mol. The molecule has 1 fully saturated rings. The summed E-state index contributed by atoms with van der Waals surface area (Å²) < 4.78 is 15.2. The molecule has 0 saturated carbocycles. The molecule has 0 bridgehead atoms. The highest BCUT2D eigenvalue weighted by atomic mass is 35.5. The van der Waals surface area contributed by atoms with E-state index < -0.39 is 11.7 Å². The summed E-state index contributed by atoms with van der Waals surface area (Å²) in [6, 6.07) is 2.70. The molecule has 1 amide bonds. The number of alkyl halides is 1. The van der Waals surface area contributed by atoms with Gasteiger partial charge < -0.3 is 9.88 Å². The Morgan fingerprint density at radius 1 is 1.48 bits per heavy atom. The number of hydroxylamine groups is 1. The lowest BCUT2D eigenvalue weighted by molar-refractivity contribution is 0.0373. The fourth-order valence-corrected chi connectivity index (χ4v) is 3.55. The van der Waals surface area contributed by atoms with Crippen molar-refractivity contribution in [3.8, 4) is 0 Å². The number of anilines is 1. The molecule has 11 heteroatoms. The van der Waals surface area contributed by atoms with Gasteiger partial charge in [-0.15, -0.1) is 11.6 Å². The lowest BCUT2D eigenvalue weighted by atomic mass is 10.1. The largest absolute Gasteiger partial charge is 0.349 e. The molecule has 3 aromatic rings. The number of halogens is 2. The van der Waals surface area contributed by atoms with E-state index in [1.165, 1.54) is 16.8 Å². The maximum atomic E-state index is 13.7. The molecule has 4 rings (SSSR count). The molecule has 1 saturated heterocycles. The summed E-state index contributed by atoms with van der Waals surface area (Å²) in [6.07, 6.45) is 5.63. The molecule has 152 valence electrons. The van der Waals surface area contributed by atoms with Crippen molar-refractivity contribution in [3.63, 3.8) is 0 Å². The minimum Gasteiger partial charge on any atom is -0.349 e. The number of hydrogen-bond acceptors (Lipinski definition) is 6. The van der Waals surface area contributed by atoms with Crippen LogP contribution < -0.4 is 15.9 Å². The van der Waals surface area contributed by atoms with Crippen molar-refractivity contribution < 1.29 is 14.0 Å². The summed E-state index contributed by atoms with van der Waals surface area (Å²) in [4.78, 5) is 38.4. The highest BCUT2D eigenvalue weighted by molar-refractivity contribution is 6.18. The van der Waals surface area contributed by atoms with Gasteiger partial charge in [0.2, 0.25) is 0 Å². The summed E-state index contributed by atoms with van der Waals surface area (Å²) in [5.74, 6) is -0.178. The molecule has 1 aliphatic heterocycles. The Bertz CT molecular complexity index is 1100. The molecular formula is C18H18ClFN6O3. The van der Waals surface area contributed by atoms with Crippen LogP contribution in [0.4, 0.5) is 10.2 Å². The van der Waals surface area contributed by atoms with Gasteiger partial charge in [0.1, 0.15) is 17.2 Å². The van der Waals surface area contributed by atoms with Crippen molar-refractivity contribution in [3.05, 3.63) is 58.0 Å². The van der Waals surface area contributed by atoms with E-state index in [-0.39, 0.29) is 29.7 Å². The average Bonchev–Trinajstić information content (AvgIpc) is 3.36. The van der Waals surface area contributed by atoms with Crippen LogP contribution in [0.25, 0.3) is 5.65 Å². The van der Waals surface area contributed by atoms with Gasteiger partial charge in [-0.1, -0.05) is 0 Å². The number of carbonyl (C=O) groups is 1. The van der Waals surface area contributed by atoms with E-state index in [9.17, 15) is 14.0 Å². The van der Waals surface area contributed by atoms with Gasteiger partial charge in [0, 0.05) is 30.4 Å². The van der Waals surface area contributed by atoms with Crippen LogP contribution in [0, 0.1) is 5.82 Å². The molecule has 3 aromatic heterocycles. The molecule has 1 aliphatic rings. The summed E-state index contributed by atoms with van der Waals surface area (Å²) in [7, 11) is 0. The van der Waals surface area contributed by atoms with E-state index >= 15 is 0 Å². The zero-order valence-electron chi connectivity index (χ0n) is 15.3. The second kappa shape index (κ2) is 8.18. The summed E-state index contributed by atoms with van der Waals surface area (Å²) in [5, 5.41) is 4.13. The van der Waals surface area contributed by atoms with Crippen LogP contribution in [0.2, 0.25) is 0 Å². The van der Waals surface area contributed by atoms with E-state index in [1.807, 2.05) is 4.90 Å². The minimum atomic E-state index is -0.499. The quantitative estimate of drug-likeness (QED) is 0.358. The summed E-state index contributed by atoms with van der Waals surface area (Å²) in [6.45, 7) is 0.821. The molecule has 0 spiro atoms. The molecule has 0 radical (unpaired) electrons. The Kier molecular flexibility index (Phi) is 5.45. The van der Waals surface area contributed by atoms with Crippen molar-refractivity contribution >= 4 is 29.0 Å². The number of amides is 1. The van der Waals surface area contributed by atoms with Gasteiger partial charge in [-0.05, 0) is 25.0 Å². The zero-order valence-corrected chi connectivity index (χ0v) is 16.0. The Morgan fingerprint density at radius 2 is 2.34 bits per heavy atom. The maximum absolute atomic E-state index is 13.7. The average molecular weight is 421 g/mol. The molecule has 0 aromatic carbocycles. The van der Waals surface area contributed by atoms with Gasteiger partial charge in [-0.2, -0.15) is 5.10 Å². The van der Waals surface area contributed by atoms with Gasteiger partial charge >= 0.3 is 0 Å². The highest BCUT2D eigenvalue weighted by Crippen LogP contribution is 2.34. The Balaban J connectivity index is 1.66. The lowest BCUT2D eigenvalue weighted by Gasteiger charge is -2.25. The van der Waals surface area contributed by atoms with Gasteiger partial charge in [0.25, 0.3) is 11.5 Å². The molecule has 1 atom stereocenters. The number of H-pyrrole nitrogens is 1. The number of pyridine rings is 1. The summed E-state index contributed by atoms with van der Waals surface area (Å²) >= 11 is 5.52. The van der Waals surface area contributed by atoms with Crippen molar-refractivity contribution in [2.24, 2.45) is 0 Å². The number of aromatic nitrogens is 4. The molecule has 0 aliphatic carbocycles. The molecule has 2 N–H and O–H groups in total. The Morgan fingerprint density at radius 3 is 3.17 bits per heavy atom. The minimum absolute atomic E-state index is 0.169. The molecule has 1 unspecified atom stereocenters. The molecular weight excluding hydrogens is 403 g/mol. The summed E-state index contributed by atoms with van der Waals surface area (Å²) in [5.41, 5.74) is 2.90. The second-order valence-corrected chi connectivity index (χ2v) is 6.91. The molecule has 9 nitrogen and oxygen atoms in total. The van der Waals surface area contributed by atoms with Gasteiger partial charge in [-0.3, -0.25) is 14.4 Å². The number of aromatic amines is 1. The number of carbonyl (C=O) groups excluding carboxylic acids is 1. The smallest absolute Gasteiger partial charge is 0.280 e.